The Balaban J connectivity index is 2.49. The fourth-order valence-electron chi connectivity index (χ4n) is 2.19. The molecule has 2 aromatic carbocycles. The number of esters is 1. The molecule has 0 fully saturated rings. The van der Waals surface area contributed by atoms with Crippen molar-refractivity contribution in [2.45, 2.75) is 6.92 Å². The Labute approximate surface area is 122 Å². The van der Waals surface area contributed by atoms with Gasteiger partial charge in [0.05, 0.1) is 10.8 Å². The van der Waals surface area contributed by atoms with Crippen molar-refractivity contribution in [2.75, 3.05) is 0 Å². The van der Waals surface area contributed by atoms with Gasteiger partial charge in [-0.3, -0.25) is 9.59 Å². The van der Waals surface area contributed by atoms with Crippen LogP contribution in [0, 0.1) is 0 Å². The first-order valence-electron chi connectivity index (χ1n) is 6.22. The molecule has 0 bridgehead atoms. The van der Waals surface area contributed by atoms with Crippen LogP contribution in [0.25, 0.3) is 21.9 Å². The first-order chi connectivity index (χ1) is 10.4. The van der Waals surface area contributed by atoms with Crippen LogP contribution in [-0.4, -0.2) is 21.3 Å². The third-order valence-corrected chi connectivity index (χ3v) is 3.12. The quantitative estimate of drug-likeness (QED) is 0.357. The normalized spacial score (nSPS) is 11.0. The van der Waals surface area contributed by atoms with E-state index in [0.717, 1.165) is 13.0 Å². The Morgan fingerprint density at radius 3 is 2.50 bits per heavy atom. The molecule has 0 radical (unpaired) electrons. The number of para-hydroxylation sites is 1. The molecule has 3 aromatic rings. The minimum absolute atomic E-state index is 0.0894. The van der Waals surface area contributed by atoms with Crippen molar-refractivity contribution in [3.05, 3.63) is 34.5 Å². The van der Waals surface area contributed by atoms with Gasteiger partial charge in [-0.1, -0.05) is 6.07 Å². The Bertz CT molecular complexity index is 985. The minimum atomic E-state index is -0.768. The number of benzene rings is 2. The van der Waals surface area contributed by atoms with Crippen LogP contribution in [0.1, 0.15) is 6.92 Å². The van der Waals surface area contributed by atoms with Crippen molar-refractivity contribution in [3.63, 3.8) is 0 Å². The largest absolute Gasteiger partial charge is 0.504 e. The van der Waals surface area contributed by atoms with Gasteiger partial charge in [0.15, 0.2) is 22.7 Å². The van der Waals surface area contributed by atoms with Gasteiger partial charge in [-0.25, -0.2) is 0 Å². The Hall–Kier alpha value is -3.22. The monoisotopic (exact) mass is 302 g/mol. The molecule has 0 saturated heterocycles. The van der Waals surface area contributed by atoms with Gasteiger partial charge < -0.3 is 24.5 Å². The van der Waals surface area contributed by atoms with Crippen LogP contribution in [0.4, 0.5) is 0 Å². The Morgan fingerprint density at radius 2 is 1.82 bits per heavy atom. The first kappa shape index (κ1) is 13.7. The number of hydrogen-bond acceptors (Lipinski definition) is 7. The molecule has 3 N–H and O–H groups in total. The lowest BCUT2D eigenvalue weighted by Gasteiger charge is -2.09. The number of carbonyl (C=O) groups excluding carboxylic acids is 1. The summed E-state index contributed by atoms with van der Waals surface area (Å²) in [6, 6.07) is 5.26. The van der Waals surface area contributed by atoms with Crippen LogP contribution in [-0.2, 0) is 4.79 Å². The SMILES string of the molecule is CC(=O)Oc1c(O)cc2c(=O)c3cccc(O)c3oc2c1O. The van der Waals surface area contributed by atoms with E-state index in [4.69, 9.17) is 9.15 Å². The number of ether oxygens (including phenoxy) is 1. The number of fused-ring (bicyclic) bond motifs is 2. The average molecular weight is 302 g/mol. The van der Waals surface area contributed by atoms with Crippen LogP contribution in [0.3, 0.4) is 0 Å². The molecule has 0 aliphatic rings. The molecule has 7 nitrogen and oxygen atoms in total. The highest BCUT2D eigenvalue weighted by Crippen LogP contribution is 2.42. The highest BCUT2D eigenvalue weighted by Gasteiger charge is 2.21. The van der Waals surface area contributed by atoms with E-state index in [-0.39, 0.29) is 27.7 Å². The van der Waals surface area contributed by atoms with Crippen molar-refractivity contribution >= 4 is 27.9 Å². The van der Waals surface area contributed by atoms with Crippen molar-refractivity contribution in [1.29, 1.82) is 0 Å². The topological polar surface area (TPSA) is 117 Å². The van der Waals surface area contributed by atoms with Gasteiger partial charge in [-0.15, -0.1) is 0 Å². The van der Waals surface area contributed by atoms with Crippen LogP contribution >= 0.6 is 0 Å². The van der Waals surface area contributed by atoms with Gasteiger partial charge >= 0.3 is 5.97 Å². The highest BCUT2D eigenvalue weighted by atomic mass is 16.5. The Kier molecular flexibility index (Phi) is 2.91. The summed E-state index contributed by atoms with van der Waals surface area (Å²) >= 11 is 0. The summed E-state index contributed by atoms with van der Waals surface area (Å²) in [6.45, 7) is 1.09. The molecule has 0 aliphatic carbocycles. The number of phenols is 3. The van der Waals surface area contributed by atoms with Crippen LogP contribution < -0.4 is 10.2 Å². The zero-order chi connectivity index (χ0) is 16.0. The molecular formula is C15H10O7. The van der Waals surface area contributed by atoms with Crippen molar-refractivity contribution < 1.29 is 29.3 Å². The van der Waals surface area contributed by atoms with Crippen LogP contribution in [0.2, 0.25) is 0 Å². The van der Waals surface area contributed by atoms with Crippen molar-refractivity contribution in [1.82, 2.24) is 0 Å². The minimum Gasteiger partial charge on any atom is -0.504 e. The highest BCUT2D eigenvalue weighted by molar-refractivity contribution is 5.97. The standard InChI is InChI=1S/C15H10O7/c1-6(16)21-15-10(18)5-8-11(19)7-3-2-4-9(17)13(7)22-14(8)12(15)20/h2-5,17-18,20H,1H3. The summed E-state index contributed by atoms with van der Waals surface area (Å²) in [5.41, 5.74) is -0.963. The maximum Gasteiger partial charge on any atom is 0.308 e. The van der Waals surface area contributed by atoms with E-state index in [9.17, 15) is 24.9 Å². The molecule has 22 heavy (non-hydrogen) atoms. The lowest BCUT2D eigenvalue weighted by Crippen LogP contribution is -2.05. The molecule has 3 rings (SSSR count). The smallest absolute Gasteiger partial charge is 0.308 e. The molecule has 0 unspecified atom stereocenters. The molecule has 0 amide bonds. The number of phenolic OH excluding ortho intramolecular Hbond substituents is 3. The average Bonchev–Trinajstić information content (AvgIpc) is 2.46. The third-order valence-electron chi connectivity index (χ3n) is 3.12. The molecule has 0 aliphatic heterocycles. The van der Waals surface area contributed by atoms with Crippen molar-refractivity contribution in [3.8, 4) is 23.0 Å². The summed E-state index contributed by atoms with van der Waals surface area (Å²) in [4.78, 5) is 23.4. The third kappa shape index (κ3) is 1.91. The second-order valence-electron chi connectivity index (χ2n) is 4.63. The second-order valence-corrected chi connectivity index (χ2v) is 4.63. The first-order valence-corrected chi connectivity index (χ1v) is 6.22. The predicted octanol–water partition coefficient (Wildman–Crippen LogP) is 1.99. The van der Waals surface area contributed by atoms with Crippen LogP contribution in [0.15, 0.2) is 33.5 Å². The zero-order valence-electron chi connectivity index (χ0n) is 11.3. The van der Waals surface area contributed by atoms with E-state index in [1.54, 1.807) is 0 Å². The fourth-order valence-corrected chi connectivity index (χ4v) is 2.19. The number of aromatic hydroxyl groups is 3. The number of hydrogen-bond donors (Lipinski definition) is 3. The maximum absolute atomic E-state index is 12.4. The molecular weight excluding hydrogens is 292 g/mol. The van der Waals surface area contributed by atoms with E-state index < -0.39 is 28.6 Å². The summed E-state index contributed by atoms with van der Waals surface area (Å²) < 4.78 is 10.1. The van der Waals surface area contributed by atoms with Gasteiger partial charge in [0, 0.05) is 6.92 Å². The Morgan fingerprint density at radius 1 is 1.09 bits per heavy atom. The van der Waals surface area contributed by atoms with E-state index >= 15 is 0 Å². The summed E-state index contributed by atoms with van der Waals surface area (Å²) in [6.07, 6.45) is 0. The maximum atomic E-state index is 12.4. The summed E-state index contributed by atoms with van der Waals surface area (Å²) in [5.74, 6) is -2.84. The van der Waals surface area contributed by atoms with Gasteiger partial charge in [0.1, 0.15) is 0 Å². The fraction of sp³-hybridized carbons (Fsp3) is 0.0667. The molecule has 0 spiro atoms. The molecule has 7 heteroatoms. The number of carbonyl (C=O) groups is 1. The van der Waals surface area contributed by atoms with Gasteiger partial charge in [-0.2, -0.15) is 0 Å². The van der Waals surface area contributed by atoms with E-state index in [0.29, 0.717) is 0 Å². The predicted molar refractivity (Wildman–Crippen MR) is 76.3 cm³/mol. The molecule has 112 valence electrons. The van der Waals surface area contributed by atoms with Gasteiger partial charge in [0.2, 0.25) is 16.9 Å². The molecule has 1 aromatic heterocycles. The number of rotatable bonds is 1. The lowest BCUT2D eigenvalue weighted by atomic mass is 10.1. The molecule has 1 heterocycles. The van der Waals surface area contributed by atoms with Gasteiger partial charge in [-0.05, 0) is 18.2 Å². The molecule has 0 saturated carbocycles. The van der Waals surface area contributed by atoms with E-state index in [2.05, 4.69) is 0 Å². The summed E-state index contributed by atoms with van der Waals surface area (Å²) in [7, 11) is 0. The second kappa shape index (κ2) is 4.66. The van der Waals surface area contributed by atoms with Gasteiger partial charge in [0.25, 0.3) is 0 Å². The van der Waals surface area contributed by atoms with E-state index in [1.165, 1.54) is 18.2 Å². The lowest BCUT2D eigenvalue weighted by molar-refractivity contribution is -0.132. The molecule has 0 atom stereocenters. The zero-order valence-corrected chi connectivity index (χ0v) is 11.3. The summed E-state index contributed by atoms with van der Waals surface area (Å²) in [5, 5.41) is 29.7. The van der Waals surface area contributed by atoms with E-state index in [1.807, 2.05) is 0 Å². The van der Waals surface area contributed by atoms with Crippen molar-refractivity contribution in [2.24, 2.45) is 0 Å². The van der Waals surface area contributed by atoms with Crippen LogP contribution in [0.5, 0.6) is 23.0 Å².